The lowest BCUT2D eigenvalue weighted by Gasteiger charge is -2.20. The highest BCUT2D eigenvalue weighted by atomic mass is 16.3. The van der Waals surface area contributed by atoms with Crippen molar-refractivity contribution in [3.05, 3.63) is 11.6 Å². The van der Waals surface area contributed by atoms with E-state index in [-0.39, 0.29) is 0 Å². The van der Waals surface area contributed by atoms with Crippen LogP contribution in [0.15, 0.2) is 0 Å². The van der Waals surface area contributed by atoms with Gasteiger partial charge in [0.1, 0.15) is 11.6 Å². The van der Waals surface area contributed by atoms with Crippen LogP contribution in [0.1, 0.15) is 37.8 Å². The van der Waals surface area contributed by atoms with Crippen molar-refractivity contribution in [1.82, 2.24) is 19.7 Å². The van der Waals surface area contributed by atoms with Crippen LogP contribution in [0, 0.1) is 0 Å². The first-order chi connectivity index (χ1) is 8.14. The van der Waals surface area contributed by atoms with Gasteiger partial charge in [0, 0.05) is 26.1 Å². The van der Waals surface area contributed by atoms with E-state index in [9.17, 15) is 5.11 Å². The summed E-state index contributed by atoms with van der Waals surface area (Å²) in [6.07, 6.45) is 4.38. The van der Waals surface area contributed by atoms with Crippen molar-refractivity contribution in [1.29, 1.82) is 0 Å². The molecule has 17 heavy (non-hydrogen) atoms. The SMILES string of the molecule is CC1(O)CCN(Cc2nnc3n2CCCC3)C1. The fourth-order valence-corrected chi connectivity index (χ4v) is 2.86. The average Bonchev–Trinajstić information content (AvgIpc) is 2.84. The molecule has 0 saturated carbocycles. The van der Waals surface area contributed by atoms with Gasteiger partial charge in [-0.1, -0.05) is 0 Å². The topological polar surface area (TPSA) is 54.2 Å². The molecule has 1 N–H and O–H groups in total. The molecule has 5 nitrogen and oxygen atoms in total. The molecule has 1 saturated heterocycles. The zero-order valence-electron chi connectivity index (χ0n) is 10.4. The number of hydrogen-bond donors (Lipinski definition) is 1. The van der Waals surface area contributed by atoms with E-state index < -0.39 is 5.60 Å². The number of aryl methyl sites for hydroxylation is 1. The molecule has 3 heterocycles. The number of β-amino-alcohol motifs (C(OH)–C–C–N with tert-alkyl or cyclic N) is 1. The third-order valence-electron chi connectivity index (χ3n) is 3.83. The third-order valence-corrected chi connectivity index (χ3v) is 3.83. The van der Waals surface area contributed by atoms with Gasteiger partial charge in [0.05, 0.1) is 12.1 Å². The first-order valence-corrected chi connectivity index (χ1v) is 6.50. The minimum Gasteiger partial charge on any atom is -0.389 e. The van der Waals surface area contributed by atoms with Gasteiger partial charge in [0.2, 0.25) is 0 Å². The summed E-state index contributed by atoms with van der Waals surface area (Å²) in [6.45, 7) is 5.49. The van der Waals surface area contributed by atoms with Crippen LogP contribution in [0.2, 0.25) is 0 Å². The fourth-order valence-electron chi connectivity index (χ4n) is 2.86. The second-order valence-corrected chi connectivity index (χ2v) is 5.60. The zero-order chi connectivity index (χ0) is 11.9. The Balaban J connectivity index is 1.71. The van der Waals surface area contributed by atoms with Gasteiger partial charge < -0.3 is 9.67 Å². The minimum atomic E-state index is -0.523. The normalized spacial score (nSPS) is 29.5. The molecule has 5 heteroatoms. The lowest BCUT2D eigenvalue weighted by Crippen LogP contribution is -2.30. The first kappa shape index (κ1) is 11.2. The molecule has 0 amide bonds. The van der Waals surface area contributed by atoms with Crippen LogP contribution < -0.4 is 0 Å². The van der Waals surface area contributed by atoms with Gasteiger partial charge >= 0.3 is 0 Å². The molecular formula is C12H20N4O. The summed E-state index contributed by atoms with van der Waals surface area (Å²) < 4.78 is 2.26. The standard InChI is InChI=1S/C12H20N4O/c1-12(17)5-7-15(9-12)8-11-14-13-10-4-2-3-6-16(10)11/h17H,2-9H2,1H3. The lowest BCUT2D eigenvalue weighted by atomic mass is 10.1. The molecule has 94 valence electrons. The highest BCUT2D eigenvalue weighted by Crippen LogP contribution is 2.22. The molecule has 0 spiro atoms. The fraction of sp³-hybridized carbons (Fsp3) is 0.833. The molecule has 2 aliphatic rings. The van der Waals surface area contributed by atoms with Crippen LogP contribution in [-0.4, -0.2) is 43.5 Å². The Hall–Kier alpha value is -0.940. The van der Waals surface area contributed by atoms with Crippen molar-refractivity contribution < 1.29 is 5.11 Å². The van der Waals surface area contributed by atoms with Gasteiger partial charge in [0.15, 0.2) is 0 Å². The number of rotatable bonds is 2. The Morgan fingerprint density at radius 3 is 2.94 bits per heavy atom. The van der Waals surface area contributed by atoms with Crippen LogP contribution in [0.3, 0.4) is 0 Å². The van der Waals surface area contributed by atoms with E-state index in [0.717, 1.165) is 50.7 Å². The Morgan fingerprint density at radius 1 is 1.29 bits per heavy atom. The molecule has 0 radical (unpaired) electrons. The summed E-state index contributed by atoms with van der Waals surface area (Å²) in [5.41, 5.74) is -0.523. The molecule has 3 rings (SSSR count). The highest BCUT2D eigenvalue weighted by Gasteiger charge is 2.32. The van der Waals surface area contributed by atoms with Crippen LogP contribution >= 0.6 is 0 Å². The van der Waals surface area contributed by atoms with Gasteiger partial charge in [0.25, 0.3) is 0 Å². The van der Waals surface area contributed by atoms with Crippen LogP contribution in [-0.2, 0) is 19.5 Å². The maximum atomic E-state index is 9.95. The first-order valence-electron chi connectivity index (χ1n) is 6.50. The zero-order valence-corrected chi connectivity index (χ0v) is 10.4. The summed E-state index contributed by atoms with van der Waals surface area (Å²) in [5.74, 6) is 2.20. The molecule has 1 atom stereocenters. The molecule has 1 aromatic rings. The van der Waals surface area contributed by atoms with Crippen molar-refractivity contribution >= 4 is 0 Å². The Labute approximate surface area is 101 Å². The predicted octanol–water partition coefficient (Wildman–Crippen LogP) is 0.571. The monoisotopic (exact) mass is 236 g/mol. The molecule has 1 aromatic heterocycles. The summed E-state index contributed by atoms with van der Waals surface area (Å²) in [6, 6.07) is 0. The number of nitrogens with zero attached hydrogens (tertiary/aromatic N) is 4. The second kappa shape index (κ2) is 4.07. The molecule has 0 aliphatic carbocycles. The van der Waals surface area contributed by atoms with Crippen LogP contribution in [0.5, 0.6) is 0 Å². The van der Waals surface area contributed by atoms with E-state index in [2.05, 4.69) is 19.7 Å². The summed E-state index contributed by atoms with van der Waals surface area (Å²) in [5, 5.41) is 18.5. The van der Waals surface area contributed by atoms with E-state index in [0.29, 0.717) is 0 Å². The molecule has 2 aliphatic heterocycles. The highest BCUT2D eigenvalue weighted by molar-refractivity contribution is 5.00. The molecule has 1 unspecified atom stereocenters. The Kier molecular flexibility index (Phi) is 2.67. The largest absolute Gasteiger partial charge is 0.389 e. The average molecular weight is 236 g/mol. The molecule has 1 fully saturated rings. The van der Waals surface area contributed by atoms with Crippen LogP contribution in [0.4, 0.5) is 0 Å². The number of aliphatic hydroxyl groups is 1. The van der Waals surface area contributed by atoms with Gasteiger partial charge in [-0.15, -0.1) is 10.2 Å². The molecule has 0 aromatic carbocycles. The number of aromatic nitrogens is 3. The smallest absolute Gasteiger partial charge is 0.147 e. The van der Waals surface area contributed by atoms with E-state index in [1.165, 1.54) is 12.8 Å². The summed E-state index contributed by atoms with van der Waals surface area (Å²) in [4.78, 5) is 2.27. The number of fused-ring (bicyclic) bond motifs is 1. The quantitative estimate of drug-likeness (QED) is 0.815. The maximum Gasteiger partial charge on any atom is 0.147 e. The van der Waals surface area contributed by atoms with Gasteiger partial charge in [-0.3, -0.25) is 4.90 Å². The summed E-state index contributed by atoms with van der Waals surface area (Å²) >= 11 is 0. The van der Waals surface area contributed by atoms with Crippen molar-refractivity contribution in [2.45, 2.75) is 51.3 Å². The van der Waals surface area contributed by atoms with Crippen molar-refractivity contribution in [2.75, 3.05) is 13.1 Å². The lowest BCUT2D eigenvalue weighted by molar-refractivity contribution is 0.0674. The van der Waals surface area contributed by atoms with Gasteiger partial charge in [-0.05, 0) is 26.2 Å². The summed E-state index contributed by atoms with van der Waals surface area (Å²) in [7, 11) is 0. The van der Waals surface area contributed by atoms with Crippen molar-refractivity contribution in [2.24, 2.45) is 0 Å². The van der Waals surface area contributed by atoms with E-state index in [4.69, 9.17) is 0 Å². The molecule has 0 bridgehead atoms. The minimum absolute atomic E-state index is 0.523. The Morgan fingerprint density at radius 2 is 2.18 bits per heavy atom. The van der Waals surface area contributed by atoms with Crippen molar-refractivity contribution in [3.63, 3.8) is 0 Å². The number of likely N-dealkylation sites (tertiary alicyclic amines) is 1. The van der Waals surface area contributed by atoms with E-state index >= 15 is 0 Å². The van der Waals surface area contributed by atoms with Gasteiger partial charge in [-0.2, -0.15) is 0 Å². The second-order valence-electron chi connectivity index (χ2n) is 5.60. The van der Waals surface area contributed by atoms with Crippen LogP contribution in [0.25, 0.3) is 0 Å². The maximum absolute atomic E-state index is 9.95. The van der Waals surface area contributed by atoms with Gasteiger partial charge in [-0.25, -0.2) is 0 Å². The van der Waals surface area contributed by atoms with Crippen molar-refractivity contribution in [3.8, 4) is 0 Å². The third kappa shape index (κ3) is 2.21. The number of hydrogen-bond acceptors (Lipinski definition) is 4. The molecular weight excluding hydrogens is 216 g/mol. The van der Waals surface area contributed by atoms with E-state index in [1.54, 1.807) is 0 Å². The predicted molar refractivity (Wildman–Crippen MR) is 63.5 cm³/mol. The Bertz CT molecular complexity index is 413. The van der Waals surface area contributed by atoms with E-state index in [1.807, 2.05) is 6.92 Å².